The fourth-order valence-electron chi connectivity index (χ4n) is 2.85. The van der Waals surface area contributed by atoms with Crippen LogP contribution in [0.5, 0.6) is 0 Å². The molecule has 1 aliphatic carbocycles. The summed E-state index contributed by atoms with van der Waals surface area (Å²) in [5, 5.41) is 8.28. The second-order valence-electron chi connectivity index (χ2n) is 6.39. The van der Waals surface area contributed by atoms with Gasteiger partial charge in [-0.15, -0.1) is 5.10 Å². The number of methoxy groups -OCH3 is 1. The Morgan fingerprint density at radius 3 is 2.48 bits per heavy atom. The van der Waals surface area contributed by atoms with Crippen molar-refractivity contribution >= 4 is 16.0 Å². The van der Waals surface area contributed by atoms with Gasteiger partial charge in [-0.1, -0.05) is 5.21 Å². The predicted octanol–water partition coefficient (Wildman–Crippen LogP) is 1.19. The number of esters is 1. The molecule has 2 aromatic rings. The SMILES string of the molecule is COC(=O)c1ccc(S(=O)(=O)N2CC(n3cc(C4CC4)nn3)C2)cc1. The van der Waals surface area contributed by atoms with Gasteiger partial charge in [0.15, 0.2) is 0 Å². The van der Waals surface area contributed by atoms with Gasteiger partial charge in [0.1, 0.15) is 0 Å². The molecule has 9 heteroatoms. The molecule has 0 amide bonds. The summed E-state index contributed by atoms with van der Waals surface area (Å²) in [5.74, 6) is 0.0348. The third kappa shape index (κ3) is 2.93. The fourth-order valence-corrected chi connectivity index (χ4v) is 4.36. The molecular weight excluding hydrogens is 344 g/mol. The minimum atomic E-state index is -3.57. The van der Waals surface area contributed by atoms with Gasteiger partial charge >= 0.3 is 5.97 Å². The average Bonchev–Trinajstić information content (AvgIpc) is 3.32. The van der Waals surface area contributed by atoms with Gasteiger partial charge in [-0.25, -0.2) is 17.9 Å². The summed E-state index contributed by atoms with van der Waals surface area (Å²) in [6.07, 6.45) is 4.24. The van der Waals surface area contributed by atoms with Crippen molar-refractivity contribution in [2.75, 3.05) is 20.2 Å². The maximum Gasteiger partial charge on any atom is 0.337 e. The standard InChI is InChI=1S/C16H18N4O4S/c1-24-16(21)12-4-6-14(7-5-12)25(22,23)19-8-13(9-19)20-10-15(17-18-20)11-2-3-11/h4-7,10-11,13H,2-3,8-9H2,1H3. The van der Waals surface area contributed by atoms with Crippen molar-refractivity contribution in [2.45, 2.75) is 29.7 Å². The van der Waals surface area contributed by atoms with Crippen LogP contribution in [0.2, 0.25) is 0 Å². The van der Waals surface area contributed by atoms with Crippen molar-refractivity contribution < 1.29 is 17.9 Å². The van der Waals surface area contributed by atoms with Gasteiger partial charge in [0, 0.05) is 25.2 Å². The number of sulfonamides is 1. The van der Waals surface area contributed by atoms with E-state index < -0.39 is 16.0 Å². The Morgan fingerprint density at radius 2 is 1.88 bits per heavy atom. The minimum Gasteiger partial charge on any atom is -0.465 e. The van der Waals surface area contributed by atoms with Crippen molar-refractivity contribution in [1.82, 2.24) is 19.3 Å². The summed E-state index contributed by atoms with van der Waals surface area (Å²) in [7, 11) is -2.29. The normalized spacial score (nSPS) is 18.8. The number of hydrogen-bond acceptors (Lipinski definition) is 6. The van der Waals surface area contributed by atoms with E-state index in [4.69, 9.17) is 0 Å². The molecule has 25 heavy (non-hydrogen) atoms. The molecule has 132 valence electrons. The number of ether oxygens (including phenoxy) is 1. The summed E-state index contributed by atoms with van der Waals surface area (Å²) >= 11 is 0. The lowest BCUT2D eigenvalue weighted by molar-refractivity contribution is 0.0600. The smallest absolute Gasteiger partial charge is 0.337 e. The zero-order chi connectivity index (χ0) is 17.6. The molecule has 8 nitrogen and oxygen atoms in total. The summed E-state index contributed by atoms with van der Waals surface area (Å²) in [6.45, 7) is 0.739. The molecule has 0 spiro atoms. The molecule has 1 aromatic heterocycles. The second kappa shape index (κ2) is 5.92. The average molecular weight is 362 g/mol. The van der Waals surface area contributed by atoms with Gasteiger partial charge in [0.05, 0.1) is 29.3 Å². The van der Waals surface area contributed by atoms with E-state index in [1.165, 1.54) is 35.7 Å². The van der Waals surface area contributed by atoms with Crippen molar-refractivity contribution in [3.8, 4) is 0 Å². The van der Waals surface area contributed by atoms with Crippen LogP contribution >= 0.6 is 0 Å². The first kappa shape index (κ1) is 16.2. The highest BCUT2D eigenvalue weighted by Gasteiger charge is 2.39. The number of rotatable bonds is 5. The number of carbonyl (C=O) groups excluding carboxylic acids is 1. The molecule has 1 aromatic carbocycles. The van der Waals surface area contributed by atoms with Crippen LogP contribution in [0.3, 0.4) is 0 Å². The Morgan fingerprint density at radius 1 is 1.20 bits per heavy atom. The first-order valence-electron chi connectivity index (χ1n) is 8.09. The molecule has 0 bridgehead atoms. The van der Waals surface area contributed by atoms with Crippen molar-refractivity contribution in [2.24, 2.45) is 0 Å². The molecule has 4 rings (SSSR count). The van der Waals surface area contributed by atoms with Gasteiger partial charge in [0.25, 0.3) is 0 Å². The molecule has 0 radical (unpaired) electrons. The maximum atomic E-state index is 12.6. The Hall–Kier alpha value is -2.26. The summed E-state index contributed by atoms with van der Waals surface area (Å²) in [6, 6.07) is 5.78. The summed E-state index contributed by atoms with van der Waals surface area (Å²) < 4.78 is 33.0. The molecule has 2 fully saturated rings. The zero-order valence-electron chi connectivity index (χ0n) is 13.7. The molecule has 1 saturated carbocycles. The quantitative estimate of drug-likeness (QED) is 0.742. The third-order valence-electron chi connectivity index (χ3n) is 4.64. The maximum absolute atomic E-state index is 12.6. The number of nitrogens with zero attached hydrogens (tertiary/aromatic N) is 4. The lowest BCUT2D eigenvalue weighted by Crippen LogP contribution is -2.50. The van der Waals surface area contributed by atoms with E-state index >= 15 is 0 Å². The van der Waals surface area contributed by atoms with Gasteiger partial charge in [-0.05, 0) is 37.1 Å². The molecular formula is C16H18N4O4S. The number of carbonyl (C=O) groups is 1. The van der Waals surface area contributed by atoms with Gasteiger partial charge in [-0.2, -0.15) is 4.31 Å². The van der Waals surface area contributed by atoms with Crippen LogP contribution in [0.15, 0.2) is 35.4 Å². The van der Waals surface area contributed by atoms with Crippen molar-refractivity contribution in [3.05, 3.63) is 41.7 Å². The number of hydrogen-bond donors (Lipinski definition) is 0. The molecule has 2 heterocycles. The molecule has 0 unspecified atom stereocenters. The van der Waals surface area contributed by atoms with Gasteiger partial charge < -0.3 is 4.74 Å². The summed E-state index contributed by atoms with van der Waals surface area (Å²) in [4.78, 5) is 11.6. The van der Waals surface area contributed by atoms with E-state index in [0.29, 0.717) is 24.6 Å². The van der Waals surface area contributed by atoms with Crippen LogP contribution in [0, 0.1) is 0 Å². The number of aromatic nitrogens is 3. The van der Waals surface area contributed by atoms with E-state index in [2.05, 4.69) is 15.0 Å². The van der Waals surface area contributed by atoms with Crippen molar-refractivity contribution in [3.63, 3.8) is 0 Å². The monoisotopic (exact) mass is 362 g/mol. The molecule has 0 atom stereocenters. The van der Waals surface area contributed by atoms with Crippen molar-refractivity contribution in [1.29, 1.82) is 0 Å². The highest BCUT2D eigenvalue weighted by molar-refractivity contribution is 7.89. The largest absolute Gasteiger partial charge is 0.465 e. The van der Waals surface area contributed by atoms with Crippen LogP contribution in [-0.4, -0.2) is 53.9 Å². The second-order valence-corrected chi connectivity index (χ2v) is 8.33. The molecule has 2 aliphatic rings. The highest BCUT2D eigenvalue weighted by atomic mass is 32.2. The minimum absolute atomic E-state index is 0.0177. The van der Waals surface area contributed by atoms with Crippen LogP contribution in [0.1, 0.15) is 40.9 Å². The van der Waals surface area contributed by atoms with Crippen LogP contribution in [0.25, 0.3) is 0 Å². The topological polar surface area (TPSA) is 94.4 Å². The predicted molar refractivity (Wildman–Crippen MR) is 87.6 cm³/mol. The summed E-state index contributed by atoms with van der Waals surface area (Å²) in [5.41, 5.74) is 1.32. The third-order valence-corrected chi connectivity index (χ3v) is 6.49. The van der Waals surface area contributed by atoms with E-state index in [-0.39, 0.29) is 10.9 Å². The van der Waals surface area contributed by atoms with E-state index in [0.717, 1.165) is 18.5 Å². The first-order chi connectivity index (χ1) is 12.0. The Balaban J connectivity index is 1.44. The number of benzene rings is 1. The van der Waals surface area contributed by atoms with E-state index in [1.807, 2.05) is 6.20 Å². The first-order valence-corrected chi connectivity index (χ1v) is 9.53. The highest BCUT2D eigenvalue weighted by Crippen LogP contribution is 2.39. The van der Waals surface area contributed by atoms with Crippen LogP contribution < -0.4 is 0 Å². The lowest BCUT2D eigenvalue weighted by atomic mass is 10.2. The Bertz CT molecular complexity index is 896. The van der Waals surface area contributed by atoms with Gasteiger partial charge in [-0.3, -0.25) is 0 Å². The van der Waals surface area contributed by atoms with Gasteiger partial charge in [0.2, 0.25) is 10.0 Å². The lowest BCUT2D eigenvalue weighted by Gasteiger charge is -2.37. The Labute approximate surface area is 145 Å². The molecule has 1 aliphatic heterocycles. The molecule has 1 saturated heterocycles. The van der Waals surface area contributed by atoms with Crippen LogP contribution in [0.4, 0.5) is 0 Å². The zero-order valence-corrected chi connectivity index (χ0v) is 14.5. The molecule has 0 N–H and O–H groups in total. The van der Waals surface area contributed by atoms with E-state index in [9.17, 15) is 13.2 Å². The van der Waals surface area contributed by atoms with Crippen LogP contribution in [-0.2, 0) is 14.8 Å². The van der Waals surface area contributed by atoms with E-state index in [1.54, 1.807) is 4.68 Å². The Kier molecular flexibility index (Phi) is 3.84. The fraction of sp³-hybridized carbons (Fsp3) is 0.438.